The summed E-state index contributed by atoms with van der Waals surface area (Å²) in [7, 11) is 0. The van der Waals surface area contributed by atoms with E-state index >= 15 is 0 Å². The smallest absolute Gasteiger partial charge is 0.267 e. The van der Waals surface area contributed by atoms with Gasteiger partial charge in [0.15, 0.2) is 5.82 Å². The van der Waals surface area contributed by atoms with Crippen LogP contribution in [0.15, 0.2) is 77.6 Å². The molecular formula is C23H19N3O2. The summed E-state index contributed by atoms with van der Waals surface area (Å²) in [5.74, 6) is 0.0326. The van der Waals surface area contributed by atoms with Crippen LogP contribution in [0.25, 0.3) is 22.3 Å². The summed E-state index contributed by atoms with van der Waals surface area (Å²) in [6, 6.07) is 22.0. The quantitative estimate of drug-likeness (QED) is 0.592. The Kier molecular flexibility index (Phi) is 4.49. The van der Waals surface area contributed by atoms with Gasteiger partial charge in [0.25, 0.3) is 11.5 Å². The number of fused-ring (bicyclic) bond motifs is 1. The van der Waals surface area contributed by atoms with Gasteiger partial charge in [0.05, 0.1) is 10.9 Å². The highest BCUT2D eigenvalue weighted by Crippen LogP contribution is 2.19. The van der Waals surface area contributed by atoms with E-state index < -0.39 is 0 Å². The first-order valence-corrected chi connectivity index (χ1v) is 9.00. The van der Waals surface area contributed by atoms with Crippen molar-refractivity contribution in [3.05, 3.63) is 99.8 Å². The summed E-state index contributed by atoms with van der Waals surface area (Å²) in [4.78, 5) is 30.6. The Hall–Kier alpha value is -3.73. The number of para-hydroxylation sites is 1. The standard InChI is InChI=1S/C23H19N3O2/c1-15-7-5-9-17(13-15)21-24-20-12-4-3-11-19(20)23(28)26(21)25-22(27)18-10-6-8-16(2)14-18/h3-14H,1-2H3,(H,25,27). The first kappa shape index (κ1) is 17.7. The molecule has 0 radical (unpaired) electrons. The lowest BCUT2D eigenvalue weighted by Crippen LogP contribution is -2.35. The molecule has 1 amide bonds. The Balaban J connectivity index is 1.90. The molecule has 5 nitrogen and oxygen atoms in total. The van der Waals surface area contributed by atoms with Crippen molar-refractivity contribution in [2.24, 2.45) is 0 Å². The molecule has 0 aliphatic rings. The Morgan fingerprint density at radius 1 is 0.893 bits per heavy atom. The Morgan fingerprint density at radius 2 is 1.61 bits per heavy atom. The molecule has 0 spiro atoms. The van der Waals surface area contributed by atoms with Crippen molar-refractivity contribution in [1.29, 1.82) is 0 Å². The molecule has 4 aromatic rings. The van der Waals surface area contributed by atoms with Gasteiger partial charge in [-0.2, -0.15) is 4.68 Å². The number of nitrogens with one attached hydrogen (secondary N) is 1. The maximum Gasteiger partial charge on any atom is 0.280 e. The fourth-order valence-corrected chi connectivity index (χ4v) is 3.17. The number of aryl methyl sites for hydroxylation is 2. The van der Waals surface area contributed by atoms with Crippen LogP contribution in [0.2, 0.25) is 0 Å². The number of hydrogen-bond donors (Lipinski definition) is 1. The molecule has 138 valence electrons. The van der Waals surface area contributed by atoms with E-state index in [9.17, 15) is 9.59 Å². The van der Waals surface area contributed by atoms with Gasteiger partial charge in [-0.15, -0.1) is 0 Å². The normalized spacial score (nSPS) is 10.8. The molecule has 5 heteroatoms. The summed E-state index contributed by atoms with van der Waals surface area (Å²) < 4.78 is 1.24. The molecule has 0 bridgehead atoms. The monoisotopic (exact) mass is 369 g/mol. The maximum atomic E-state index is 13.1. The van der Waals surface area contributed by atoms with E-state index in [-0.39, 0.29) is 11.5 Å². The van der Waals surface area contributed by atoms with Crippen LogP contribution in [0.4, 0.5) is 0 Å². The van der Waals surface area contributed by atoms with Gasteiger partial charge in [0, 0.05) is 11.1 Å². The third-order valence-corrected chi connectivity index (χ3v) is 4.55. The molecule has 0 saturated carbocycles. The molecular weight excluding hydrogens is 350 g/mol. The van der Waals surface area contributed by atoms with Crippen molar-refractivity contribution in [3.63, 3.8) is 0 Å². The fourth-order valence-electron chi connectivity index (χ4n) is 3.17. The first-order valence-electron chi connectivity index (χ1n) is 9.00. The molecule has 4 rings (SSSR count). The van der Waals surface area contributed by atoms with Gasteiger partial charge in [-0.1, -0.05) is 53.6 Å². The second-order valence-electron chi connectivity index (χ2n) is 6.77. The zero-order chi connectivity index (χ0) is 19.7. The SMILES string of the molecule is Cc1cccc(C(=O)Nn2c(-c3cccc(C)c3)nc3ccccc3c2=O)c1. The van der Waals surface area contributed by atoms with E-state index in [1.807, 2.05) is 56.3 Å². The van der Waals surface area contributed by atoms with E-state index in [0.29, 0.717) is 22.3 Å². The average Bonchev–Trinajstić information content (AvgIpc) is 2.70. The summed E-state index contributed by atoms with van der Waals surface area (Å²) in [6.07, 6.45) is 0. The topological polar surface area (TPSA) is 64.0 Å². The molecule has 0 aliphatic carbocycles. The Morgan fingerprint density at radius 3 is 2.36 bits per heavy atom. The van der Waals surface area contributed by atoms with Crippen molar-refractivity contribution in [2.45, 2.75) is 13.8 Å². The van der Waals surface area contributed by atoms with Crippen molar-refractivity contribution in [1.82, 2.24) is 9.66 Å². The molecule has 0 aliphatic heterocycles. The van der Waals surface area contributed by atoms with Gasteiger partial charge in [0.2, 0.25) is 0 Å². The number of aromatic nitrogens is 2. The number of amides is 1. The van der Waals surface area contributed by atoms with Gasteiger partial charge in [-0.3, -0.25) is 15.0 Å². The summed E-state index contributed by atoms with van der Waals surface area (Å²) in [6.45, 7) is 3.89. The highest BCUT2D eigenvalue weighted by Gasteiger charge is 2.16. The zero-order valence-corrected chi connectivity index (χ0v) is 15.6. The highest BCUT2D eigenvalue weighted by atomic mass is 16.2. The van der Waals surface area contributed by atoms with Crippen LogP contribution in [0.3, 0.4) is 0 Å². The maximum absolute atomic E-state index is 13.1. The number of hydrogen-bond acceptors (Lipinski definition) is 3. The minimum absolute atomic E-state index is 0.317. The van der Waals surface area contributed by atoms with Crippen LogP contribution in [0.5, 0.6) is 0 Å². The lowest BCUT2D eigenvalue weighted by molar-refractivity contribution is 0.101. The van der Waals surface area contributed by atoms with Crippen LogP contribution < -0.4 is 11.0 Å². The number of benzene rings is 3. The first-order chi connectivity index (χ1) is 13.5. The van der Waals surface area contributed by atoms with Crippen molar-refractivity contribution in [3.8, 4) is 11.4 Å². The second-order valence-corrected chi connectivity index (χ2v) is 6.77. The molecule has 1 aromatic heterocycles. The van der Waals surface area contributed by atoms with Gasteiger partial charge >= 0.3 is 0 Å². The third-order valence-electron chi connectivity index (χ3n) is 4.55. The average molecular weight is 369 g/mol. The molecule has 1 heterocycles. The third kappa shape index (κ3) is 3.30. The van der Waals surface area contributed by atoms with E-state index in [2.05, 4.69) is 10.4 Å². The lowest BCUT2D eigenvalue weighted by Gasteiger charge is -2.15. The largest absolute Gasteiger partial charge is 0.280 e. The van der Waals surface area contributed by atoms with Crippen molar-refractivity contribution < 1.29 is 4.79 Å². The van der Waals surface area contributed by atoms with Crippen LogP contribution in [-0.4, -0.2) is 15.6 Å². The summed E-state index contributed by atoms with van der Waals surface area (Å²) in [5.41, 5.74) is 6.25. The van der Waals surface area contributed by atoms with Crippen molar-refractivity contribution >= 4 is 16.8 Å². The van der Waals surface area contributed by atoms with Crippen LogP contribution in [-0.2, 0) is 0 Å². The predicted molar refractivity (Wildman–Crippen MR) is 111 cm³/mol. The van der Waals surface area contributed by atoms with E-state index in [0.717, 1.165) is 16.7 Å². The highest BCUT2D eigenvalue weighted by molar-refractivity contribution is 6.00. The van der Waals surface area contributed by atoms with Crippen LogP contribution in [0.1, 0.15) is 21.5 Å². The van der Waals surface area contributed by atoms with E-state index in [1.54, 1.807) is 30.3 Å². The molecule has 0 unspecified atom stereocenters. The molecule has 3 aromatic carbocycles. The molecule has 0 saturated heterocycles. The number of nitrogens with zero attached hydrogens (tertiary/aromatic N) is 2. The van der Waals surface area contributed by atoms with Gasteiger partial charge in [0.1, 0.15) is 0 Å². The van der Waals surface area contributed by atoms with Gasteiger partial charge in [-0.25, -0.2) is 4.98 Å². The molecule has 0 atom stereocenters. The van der Waals surface area contributed by atoms with Crippen molar-refractivity contribution in [2.75, 3.05) is 5.43 Å². The van der Waals surface area contributed by atoms with Crippen LogP contribution >= 0.6 is 0 Å². The van der Waals surface area contributed by atoms with Crippen LogP contribution in [0, 0.1) is 13.8 Å². The minimum Gasteiger partial charge on any atom is -0.267 e. The summed E-state index contributed by atoms with van der Waals surface area (Å²) in [5, 5.41) is 0.448. The molecule has 0 fully saturated rings. The lowest BCUT2D eigenvalue weighted by atomic mass is 10.1. The Bertz CT molecular complexity index is 1260. The fraction of sp³-hybridized carbons (Fsp3) is 0.0870. The molecule has 28 heavy (non-hydrogen) atoms. The number of rotatable bonds is 3. The second kappa shape index (κ2) is 7.12. The van der Waals surface area contributed by atoms with Gasteiger partial charge < -0.3 is 0 Å². The minimum atomic E-state index is -0.364. The number of carbonyl (C=O) groups excluding carboxylic acids is 1. The number of carbonyl (C=O) groups is 1. The Labute approximate surface area is 162 Å². The van der Waals surface area contributed by atoms with E-state index in [1.165, 1.54) is 4.68 Å². The summed E-state index contributed by atoms with van der Waals surface area (Å²) >= 11 is 0. The predicted octanol–water partition coefficient (Wildman–Crippen LogP) is 4.06. The van der Waals surface area contributed by atoms with Gasteiger partial charge in [-0.05, 0) is 44.2 Å². The van der Waals surface area contributed by atoms with E-state index in [4.69, 9.17) is 0 Å². The molecule has 1 N–H and O–H groups in total. The zero-order valence-electron chi connectivity index (χ0n) is 15.6.